The van der Waals surface area contributed by atoms with Crippen LogP contribution in [0.2, 0.25) is 0 Å². The molecule has 0 bridgehead atoms. The number of pyridine rings is 1. The lowest BCUT2D eigenvalue weighted by Gasteiger charge is -2.25. The summed E-state index contributed by atoms with van der Waals surface area (Å²) in [5.74, 6) is -0.0980. The van der Waals surface area contributed by atoms with Crippen molar-refractivity contribution in [1.82, 2.24) is 4.98 Å². The quantitative estimate of drug-likeness (QED) is 0.491. The van der Waals surface area contributed by atoms with Crippen molar-refractivity contribution >= 4 is 16.9 Å². The van der Waals surface area contributed by atoms with Gasteiger partial charge in [-0.15, -0.1) is 0 Å². The van der Waals surface area contributed by atoms with Crippen molar-refractivity contribution in [2.45, 2.75) is 18.9 Å². The smallest absolute Gasteiger partial charge is 0.312 e. The molecule has 6 heteroatoms. The first-order valence-electron chi connectivity index (χ1n) is 9.91. The number of fused-ring (bicyclic) bond motifs is 3. The third kappa shape index (κ3) is 3.68. The Hall–Kier alpha value is -3.93. The number of carbonyl (C=O) groups excluding carboxylic acids is 1. The van der Waals surface area contributed by atoms with Crippen LogP contribution < -0.4 is 15.0 Å². The molecular weight excluding hydrogens is 397 g/mol. The number of carbonyl (C=O) groups is 1. The zero-order valence-electron chi connectivity index (χ0n) is 16.4. The minimum Gasteiger partial charge on any atom is -0.489 e. The van der Waals surface area contributed by atoms with E-state index in [2.05, 4.69) is 4.98 Å². The number of aromatic nitrogens is 1. The lowest BCUT2D eigenvalue weighted by Crippen LogP contribution is -2.28. The fourth-order valence-electron chi connectivity index (χ4n) is 3.91. The summed E-state index contributed by atoms with van der Waals surface area (Å²) in [6.07, 6.45) is 0.0875. The first-order valence-corrected chi connectivity index (χ1v) is 9.91. The predicted molar refractivity (Wildman–Crippen MR) is 114 cm³/mol. The monoisotopic (exact) mass is 415 g/mol. The van der Waals surface area contributed by atoms with E-state index < -0.39 is 5.92 Å². The Morgan fingerprint density at radius 1 is 0.968 bits per heavy atom. The van der Waals surface area contributed by atoms with Crippen LogP contribution in [0.25, 0.3) is 10.9 Å². The number of para-hydroxylation sites is 1. The van der Waals surface area contributed by atoms with Gasteiger partial charge in [-0.3, -0.25) is 9.59 Å². The van der Waals surface area contributed by atoms with E-state index in [0.29, 0.717) is 34.6 Å². The van der Waals surface area contributed by atoms with Crippen molar-refractivity contribution < 1.29 is 18.7 Å². The summed E-state index contributed by atoms with van der Waals surface area (Å²) in [6.45, 7) is 0.309. The van der Waals surface area contributed by atoms with E-state index >= 15 is 0 Å². The number of nitrogens with one attached hydrogen (secondary N) is 1. The highest BCUT2D eigenvalue weighted by Gasteiger charge is 2.32. The second-order valence-electron chi connectivity index (χ2n) is 7.46. The number of hydrogen-bond donors (Lipinski definition) is 1. The van der Waals surface area contributed by atoms with Crippen molar-refractivity contribution in [3.8, 4) is 11.5 Å². The molecule has 31 heavy (non-hydrogen) atoms. The molecule has 0 fully saturated rings. The van der Waals surface area contributed by atoms with Crippen molar-refractivity contribution in [1.29, 1.82) is 0 Å². The van der Waals surface area contributed by atoms with Gasteiger partial charge in [0.05, 0.1) is 17.5 Å². The molecule has 0 radical (unpaired) electrons. The molecule has 1 aliphatic heterocycles. The Labute approximate surface area is 177 Å². The number of H-pyrrole nitrogens is 1. The predicted octanol–water partition coefficient (Wildman–Crippen LogP) is 4.69. The molecule has 0 aliphatic carbocycles. The first kappa shape index (κ1) is 19.1. The number of ether oxygens (including phenoxy) is 2. The highest BCUT2D eigenvalue weighted by Crippen LogP contribution is 2.40. The van der Waals surface area contributed by atoms with E-state index in [4.69, 9.17) is 9.47 Å². The minimum absolute atomic E-state index is 0.0875. The van der Waals surface area contributed by atoms with Crippen LogP contribution in [0.4, 0.5) is 4.39 Å². The summed E-state index contributed by atoms with van der Waals surface area (Å²) in [5, 5.41) is 0.703. The summed E-state index contributed by atoms with van der Waals surface area (Å²) < 4.78 is 24.3. The fraction of sp³-hybridized carbons (Fsp3) is 0.120. The molecule has 1 atom stereocenters. The molecule has 4 aromatic rings. The fourth-order valence-corrected chi connectivity index (χ4v) is 3.91. The summed E-state index contributed by atoms with van der Waals surface area (Å²) in [7, 11) is 0. The molecule has 0 spiro atoms. The van der Waals surface area contributed by atoms with Crippen LogP contribution in [0.15, 0.2) is 77.6 Å². The van der Waals surface area contributed by atoms with Crippen LogP contribution in [0, 0.1) is 5.82 Å². The Morgan fingerprint density at radius 3 is 2.48 bits per heavy atom. The Bertz CT molecular complexity index is 1330. The maximum absolute atomic E-state index is 13.0. The van der Waals surface area contributed by atoms with Crippen LogP contribution in [0.1, 0.15) is 29.0 Å². The van der Waals surface area contributed by atoms with E-state index in [0.717, 1.165) is 11.1 Å². The molecule has 1 N–H and O–H groups in total. The molecule has 1 aliphatic rings. The summed E-state index contributed by atoms with van der Waals surface area (Å²) in [5.41, 5.74) is 2.51. The number of hydrogen-bond acceptors (Lipinski definition) is 4. The Morgan fingerprint density at radius 2 is 1.71 bits per heavy atom. The van der Waals surface area contributed by atoms with Gasteiger partial charge in [-0.05, 0) is 47.5 Å². The van der Waals surface area contributed by atoms with E-state index in [-0.39, 0.29) is 23.8 Å². The number of benzene rings is 3. The molecule has 0 saturated heterocycles. The van der Waals surface area contributed by atoms with Gasteiger partial charge in [-0.25, -0.2) is 4.39 Å². The largest absolute Gasteiger partial charge is 0.489 e. The number of aromatic amines is 1. The third-order valence-corrected chi connectivity index (χ3v) is 5.45. The van der Waals surface area contributed by atoms with Crippen LogP contribution in [0.5, 0.6) is 11.5 Å². The number of esters is 1. The molecule has 154 valence electrons. The molecule has 2 heterocycles. The molecule has 3 aromatic carbocycles. The summed E-state index contributed by atoms with van der Waals surface area (Å²) in [6, 6.07) is 20.7. The number of halogens is 1. The van der Waals surface area contributed by atoms with Gasteiger partial charge in [-0.1, -0.05) is 36.4 Å². The van der Waals surface area contributed by atoms with Crippen molar-refractivity contribution in [3.63, 3.8) is 0 Å². The van der Waals surface area contributed by atoms with Gasteiger partial charge in [0.1, 0.15) is 23.9 Å². The van der Waals surface area contributed by atoms with Crippen LogP contribution in [0.3, 0.4) is 0 Å². The summed E-state index contributed by atoms with van der Waals surface area (Å²) in [4.78, 5) is 28.0. The normalized spacial score (nSPS) is 15.4. The standard InChI is InChI=1S/C25H18FNO4/c26-17-9-5-15(6-10-17)14-30-18-11-7-16(8-12-18)20-13-22(28)31-24-19-3-1-2-4-21(19)27-25(29)23(20)24/h1-12,20H,13-14H2,(H,27,29)/t20-/m1/s1. The Kier molecular flexibility index (Phi) is 4.75. The van der Waals surface area contributed by atoms with E-state index in [1.54, 1.807) is 30.3 Å². The van der Waals surface area contributed by atoms with Crippen LogP contribution >= 0.6 is 0 Å². The molecular formula is C25H18FNO4. The van der Waals surface area contributed by atoms with Gasteiger partial charge in [0.25, 0.3) is 5.56 Å². The molecule has 0 amide bonds. The molecule has 5 rings (SSSR count). The van der Waals surface area contributed by atoms with Crippen LogP contribution in [-0.4, -0.2) is 11.0 Å². The van der Waals surface area contributed by atoms with Gasteiger partial charge in [0.2, 0.25) is 0 Å². The van der Waals surface area contributed by atoms with E-state index in [9.17, 15) is 14.0 Å². The number of rotatable bonds is 4. The van der Waals surface area contributed by atoms with Gasteiger partial charge in [0, 0.05) is 11.3 Å². The lowest BCUT2D eigenvalue weighted by molar-refractivity contribution is -0.135. The van der Waals surface area contributed by atoms with Crippen molar-refractivity contribution in [2.24, 2.45) is 0 Å². The molecule has 0 saturated carbocycles. The maximum atomic E-state index is 13.0. The zero-order valence-corrected chi connectivity index (χ0v) is 16.4. The minimum atomic E-state index is -0.407. The van der Waals surface area contributed by atoms with E-state index in [1.807, 2.05) is 30.3 Å². The third-order valence-electron chi connectivity index (χ3n) is 5.45. The zero-order chi connectivity index (χ0) is 21.4. The highest BCUT2D eigenvalue weighted by atomic mass is 19.1. The lowest BCUT2D eigenvalue weighted by atomic mass is 9.86. The summed E-state index contributed by atoms with van der Waals surface area (Å²) >= 11 is 0. The van der Waals surface area contributed by atoms with Gasteiger partial charge >= 0.3 is 5.97 Å². The maximum Gasteiger partial charge on any atom is 0.312 e. The topological polar surface area (TPSA) is 68.4 Å². The Balaban J connectivity index is 1.44. The van der Waals surface area contributed by atoms with E-state index in [1.165, 1.54) is 12.1 Å². The highest BCUT2D eigenvalue weighted by molar-refractivity contribution is 5.91. The molecule has 0 unspecified atom stereocenters. The second-order valence-corrected chi connectivity index (χ2v) is 7.46. The van der Waals surface area contributed by atoms with Gasteiger partial charge < -0.3 is 14.5 Å². The average molecular weight is 415 g/mol. The van der Waals surface area contributed by atoms with Crippen LogP contribution in [-0.2, 0) is 11.4 Å². The first-order chi connectivity index (χ1) is 15.1. The molecule has 5 nitrogen and oxygen atoms in total. The molecule has 1 aromatic heterocycles. The second kappa shape index (κ2) is 7.72. The van der Waals surface area contributed by atoms with Gasteiger partial charge in [-0.2, -0.15) is 0 Å². The van der Waals surface area contributed by atoms with Gasteiger partial charge in [0.15, 0.2) is 0 Å². The SMILES string of the molecule is O=C1C[C@H](c2ccc(OCc3ccc(F)cc3)cc2)c2c(c3ccccc3[nH]c2=O)O1. The van der Waals surface area contributed by atoms with Crippen molar-refractivity contribution in [2.75, 3.05) is 0 Å². The van der Waals surface area contributed by atoms with Crippen molar-refractivity contribution in [3.05, 3.63) is 106 Å². The average Bonchev–Trinajstić information content (AvgIpc) is 2.78.